The van der Waals surface area contributed by atoms with Crippen molar-refractivity contribution >= 4 is 0 Å². The van der Waals surface area contributed by atoms with Crippen molar-refractivity contribution in [2.75, 3.05) is 0 Å². The summed E-state index contributed by atoms with van der Waals surface area (Å²) in [7, 11) is 0. The predicted octanol–water partition coefficient (Wildman–Crippen LogP) is 9.28. The van der Waals surface area contributed by atoms with Gasteiger partial charge in [-0.15, -0.1) is 0 Å². The van der Waals surface area contributed by atoms with E-state index in [-0.39, 0.29) is 0 Å². The summed E-state index contributed by atoms with van der Waals surface area (Å²) in [6.45, 7) is 8.62. The third-order valence-electron chi connectivity index (χ3n) is 5.54. The molecule has 0 fully saturated rings. The maximum atomic E-state index is 4.00. The minimum atomic E-state index is 1.02. The van der Waals surface area contributed by atoms with Crippen LogP contribution in [-0.4, -0.2) is 0 Å². The van der Waals surface area contributed by atoms with E-state index in [0.717, 1.165) is 12.3 Å². The Balaban J connectivity index is 3.63. The fourth-order valence-electron chi connectivity index (χ4n) is 3.82. The van der Waals surface area contributed by atoms with Gasteiger partial charge in [0, 0.05) is 0 Å². The van der Waals surface area contributed by atoms with E-state index in [1.807, 2.05) is 0 Å². The van der Waals surface area contributed by atoms with Crippen molar-refractivity contribution in [3.8, 4) is 0 Å². The predicted molar refractivity (Wildman–Crippen MR) is 113 cm³/mol. The normalized spacial score (nSPS) is 12.6. The SMILES string of the molecule is [CH2]CCCCC(CCCCCCCC)CCCCCCCCCC. The average Bonchev–Trinajstić information content (AvgIpc) is 2.59. The van der Waals surface area contributed by atoms with E-state index in [2.05, 4.69) is 20.8 Å². The first-order valence-corrected chi connectivity index (χ1v) is 11.6. The molecule has 0 aromatic carbocycles. The van der Waals surface area contributed by atoms with Crippen LogP contribution >= 0.6 is 0 Å². The lowest BCUT2D eigenvalue weighted by Crippen LogP contribution is -2.01. The van der Waals surface area contributed by atoms with Crippen LogP contribution in [0.4, 0.5) is 0 Å². The molecule has 0 bridgehead atoms. The molecule has 0 aromatic heterocycles. The molecule has 0 aliphatic carbocycles. The molecule has 145 valence electrons. The third-order valence-corrected chi connectivity index (χ3v) is 5.54. The summed E-state index contributed by atoms with van der Waals surface area (Å²) in [5, 5.41) is 0. The molecule has 0 heteroatoms. The van der Waals surface area contributed by atoms with E-state index in [1.54, 1.807) is 0 Å². The highest BCUT2D eigenvalue weighted by atomic mass is 14.1. The van der Waals surface area contributed by atoms with Crippen LogP contribution in [-0.2, 0) is 0 Å². The van der Waals surface area contributed by atoms with Crippen molar-refractivity contribution in [3.63, 3.8) is 0 Å². The van der Waals surface area contributed by atoms with Crippen molar-refractivity contribution in [1.29, 1.82) is 0 Å². The van der Waals surface area contributed by atoms with Crippen LogP contribution in [0.1, 0.15) is 142 Å². The molecule has 0 aliphatic rings. The van der Waals surface area contributed by atoms with Crippen molar-refractivity contribution in [3.05, 3.63) is 6.92 Å². The molecule has 0 heterocycles. The summed E-state index contributed by atoms with van der Waals surface area (Å²) in [6, 6.07) is 0. The highest BCUT2D eigenvalue weighted by Crippen LogP contribution is 2.24. The fraction of sp³-hybridized carbons (Fsp3) is 0.958. The minimum absolute atomic E-state index is 1.02. The lowest BCUT2D eigenvalue weighted by molar-refractivity contribution is 0.368. The monoisotopic (exact) mass is 337 g/mol. The second kappa shape index (κ2) is 21.0. The van der Waals surface area contributed by atoms with E-state index < -0.39 is 0 Å². The highest BCUT2D eigenvalue weighted by molar-refractivity contribution is 4.62. The van der Waals surface area contributed by atoms with Crippen molar-refractivity contribution < 1.29 is 0 Å². The van der Waals surface area contributed by atoms with Gasteiger partial charge in [0.1, 0.15) is 0 Å². The smallest absolute Gasteiger partial charge is 0.0414 e. The summed E-state index contributed by atoms with van der Waals surface area (Å²) in [5.74, 6) is 1.02. The van der Waals surface area contributed by atoms with Gasteiger partial charge in [-0.1, -0.05) is 149 Å². The quantitative estimate of drug-likeness (QED) is 0.194. The Bertz CT molecular complexity index is 208. The second-order valence-corrected chi connectivity index (χ2v) is 8.04. The van der Waals surface area contributed by atoms with Crippen LogP contribution in [0.25, 0.3) is 0 Å². The second-order valence-electron chi connectivity index (χ2n) is 8.04. The average molecular weight is 338 g/mol. The molecule has 0 saturated heterocycles. The Hall–Kier alpha value is 0. The maximum Gasteiger partial charge on any atom is -0.0414 e. The zero-order chi connectivity index (χ0) is 17.7. The highest BCUT2D eigenvalue weighted by Gasteiger charge is 2.08. The Morgan fingerprint density at radius 2 is 0.792 bits per heavy atom. The van der Waals surface area contributed by atoms with Gasteiger partial charge >= 0.3 is 0 Å². The lowest BCUT2D eigenvalue weighted by atomic mass is 9.89. The Morgan fingerprint density at radius 3 is 1.17 bits per heavy atom. The number of hydrogen-bond acceptors (Lipinski definition) is 0. The first kappa shape index (κ1) is 24.0. The van der Waals surface area contributed by atoms with Crippen LogP contribution in [0.3, 0.4) is 0 Å². The van der Waals surface area contributed by atoms with Gasteiger partial charge in [0.25, 0.3) is 0 Å². The summed E-state index contributed by atoms with van der Waals surface area (Å²) in [5.41, 5.74) is 0. The number of rotatable bonds is 20. The molecule has 24 heavy (non-hydrogen) atoms. The van der Waals surface area contributed by atoms with E-state index in [1.165, 1.54) is 122 Å². The van der Waals surface area contributed by atoms with Gasteiger partial charge in [0.2, 0.25) is 0 Å². The van der Waals surface area contributed by atoms with Crippen LogP contribution in [0, 0.1) is 12.8 Å². The molecule has 0 spiro atoms. The summed E-state index contributed by atoms with van der Waals surface area (Å²) >= 11 is 0. The van der Waals surface area contributed by atoms with Crippen molar-refractivity contribution in [2.45, 2.75) is 142 Å². The molecule has 0 nitrogen and oxygen atoms in total. The number of hydrogen-bond donors (Lipinski definition) is 0. The molecular formula is C24H49. The van der Waals surface area contributed by atoms with Gasteiger partial charge in [-0.25, -0.2) is 0 Å². The molecular weight excluding hydrogens is 288 g/mol. The molecule has 1 unspecified atom stereocenters. The third kappa shape index (κ3) is 18.3. The topological polar surface area (TPSA) is 0 Å². The van der Waals surface area contributed by atoms with Gasteiger partial charge < -0.3 is 0 Å². The molecule has 0 aromatic rings. The molecule has 0 N–H and O–H groups in total. The van der Waals surface area contributed by atoms with Crippen LogP contribution in [0.5, 0.6) is 0 Å². The van der Waals surface area contributed by atoms with E-state index in [0.29, 0.717) is 0 Å². The van der Waals surface area contributed by atoms with Crippen molar-refractivity contribution in [1.82, 2.24) is 0 Å². The summed E-state index contributed by atoms with van der Waals surface area (Å²) < 4.78 is 0. The van der Waals surface area contributed by atoms with Gasteiger partial charge in [0.05, 0.1) is 0 Å². The summed E-state index contributed by atoms with van der Waals surface area (Å²) in [4.78, 5) is 0. The van der Waals surface area contributed by atoms with E-state index in [4.69, 9.17) is 0 Å². The minimum Gasteiger partial charge on any atom is -0.0654 e. The van der Waals surface area contributed by atoms with Gasteiger partial charge in [-0.2, -0.15) is 0 Å². The van der Waals surface area contributed by atoms with Crippen LogP contribution < -0.4 is 0 Å². The Labute approximate surface area is 155 Å². The first-order chi connectivity index (χ1) is 11.8. The number of unbranched alkanes of at least 4 members (excludes halogenated alkanes) is 14. The standard InChI is InChI=1S/C24H49/c1-4-7-10-12-14-15-17-20-23-24(21-18-9-6-3)22-19-16-13-11-8-5-2/h24H,3-23H2,1-2H3. The summed E-state index contributed by atoms with van der Waals surface area (Å²) in [6.07, 6.45) is 28.7. The molecule has 1 radical (unpaired) electrons. The van der Waals surface area contributed by atoms with Gasteiger partial charge in [-0.05, 0) is 5.92 Å². The van der Waals surface area contributed by atoms with Crippen molar-refractivity contribution in [2.24, 2.45) is 5.92 Å². The largest absolute Gasteiger partial charge is 0.0654 e. The Kier molecular flexibility index (Phi) is 21.0. The maximum absolute atomic E-state index is 4.00. The molecule has 0 amide bonds. The zero-order valence-corrected chi connectivity index (χ0v) is 17.4. The van der Waals surface area contributed by atoms with E-state index in [9.17, 15) is 0 Å². The molecule has 0 rings (SSSR count). The zero-order valence-electron chi connectivity index (χ0n) is 17.4. The molecule has 1 atom stereocenters. The van der Waals surface area contributed by atoms with Gasteiger partial charge in [-0.3, -0.25) is 0 Å². The molecule has 0 saturated carbocycles. The lowest BCUT2D eigenvalue weighted by Gasteiger charge is -2.17. The van der Waals surface area contributed by atoms with Gasteiger partial charge in [0.15, 0.2) is 0 Å². The van der Waals surface area contributed by atoms with E-state index >= 15 is 0 Å². The van der Waals surface area contributed by atoms with Crippen LogP contribution in [0.15, 0.2) is 0 Å². The first-order valence-electron chi connectivity index (χ1n) is 11.6. The van der Waals surface area contributed by atoms with Crippen LogP contribution in [0.2, 0.25) is 0 Å². The Morgan fingerprint density at radius 1 is 0.458 bits per heavy atom. The molecule has 0 aliphatic heterocycles. The fourth-order valence-corrected chi connectivity index (χ4v) is 3.82.